The first kappa shape index (κ1) is 21.1. The normalized spacial score (nSPS) is 12.2. The number of hydrogen-bond donors (Lipinski definition) is 1. The van der Waals surface area contributed by atoms with Gasteiger partial charge in [0.25, 0.3) is 5.22 Å². The quantitative estimate of drug-likeness (QED) is 0.513. The van der Waals surface area contributed by atoms with Crippen LogP contribution in [-0.4, -0.2) is 21.4 Å². The average Bonchev–Trinajstić information content (AvgIpc) is 3.13. The summed E-state index contributed by atoms with van der Waals surface area (Å²) in [6, 6.07) is 12.1. The number of para-hydroxylation sites is 1. The number of rotatable bonds is 6. The Labute approximate surface area is 176 Å². The summed E-state index contributed by atoms with van der Waals surface area (Å²) in [5, 5.41) is 11.3. The number of anilines is 1. The van der Waals surface area contributed by atoms with E-state index in [0.29, 0.717) is 17.0 Å². The summed E-state index contributed by atoms with van der Waals surface area (Å²) < 4.78 is 5.78. The molecule has 0 saturated heterocycles. The molecule has 0 spiro atoms. The summed E-state index contributed by atoms with van der Waals surface area (Å²) in [4.78, 5) is 12.8. The van der Waals surface area contributed by atoms with E-state index >= 15 is 0 Å². The molecule has 1 amide bonds. The minimum absolute atomic E-state index is 0.0860. The molecule has 5 nitrogen and oxygen atoms in total. The molecule has 29 heavy (non-hydrogen) atoms. The maximum Gasteiger partial charge on any atom is 0.277 e. The van der Waals surface area contributed by atoms with Gasteiger partial charge in [0.05, 0.1) is 5.25 Å². The highest BCUT2D eigenvalue weighted by atomic mass is 32.2. The predicted octanol–water partition coefficient (Wildman–Crippen LogP) is 5.90. The van der Waals surface area contributed by atoms with Gasteiger partial charge in [-0.25, -0.2) is 0 Å². The molecule has 2 aromatic carbocycles. The number of aromatic nitrogens is 2. The largest absolute Gasteiger partial charge is 0.411 e. The van der Waals surface area contributed by atoms with Gasteiger partial charge < -0.3 is 9.73 Å². The van der Waals surface area contributed by atoms with Crippen LogP contribution in [0.3, 0.4) is 0 Å². The first-order chi connectivity index (χ1) is 13.8. The Kier molecular flexibility index (Phi) is 6.42. The van der Waals surface area contributed by atoms with Crippen molar-refractivity contribution in [1.29, 1.82) is 0 Å². The first-order valence-corrected chi connectivity index (χ1v) is 10.6. The van der Waals surface area contributed by atoms with Crippen molar-refractivity contribution in [2.75, 3.05) is 5.32 Å². The molecule has 0 saturated carbocycles. The van der Waals surface area contributed by atoms with Gasteiger partial charge in [0.15, 0.2) is 0 Å². The topological polar surface area (TPSA) is 68.0 Å². The smallest absolute Gasteiger partial charge is 0.277 e. The summed E-state index contributed by atoms with van der Waals surface area (Å²) in [5.74, 6) is 0.700. The third kappa shape index (κ3) is 4.88. The van der Waals surface area contributed by atoms with Crippen LogP contribution >= 0.6 is 11.8 Å². The molecule has 0 unspecified atom stereocenters. The number of amides is 1. The summed E-state index contributed by atoms with van der Waals surface area (Å²) >= 11 is 1.26. The van der Waals surface area contributed by atoms with Crippen molar-refractivity contribution < 1.29 is 9.21 Å². The van der Waals surface area contributed by atoms with Crippen molar-refractivity contribution in [2.45, 2.75) is 57.9 Å². The summed E-state index contributed by atoms with van der Waals surface area (Å²) in [6.07, 6.45) is 0. The van der Waals surface area contributed by atoms with Gasteiger partial charge in [-0.15, -0.1) is 10.2 Å². The van der Waals surface area contributed by atoms with Crippen LogP contribution in [0, 0.1) is 20.8 Å². The van der Waals surface area contributed by atoms with E-state index in [1.807, 2.05) is 51.1 Å². The van der Waals surface area contributed by atoms with E-state index < -0.39 is 0 Å². The Hall–Kier alpha value is -2.60. The van der Waals surface area contributed by atoms with Gasteiger partial charge in [0, 0.05) is 11.3 Å². The van der Waals surface area contributed by atoms with Crippen molar-refractivity contribution in [3.8, 4) is 11.5 Å². The lowest BCUT2D eigenvalue weighted by Gasteiger charge is -2.18. The average molecular weight is 410 g/mol. The molecule has 1 N–H and O–H groups in total. The molecule has 0 fully saturated rings. The summed E-state index contributed by atoms with van der Waals surface area (Å²) in [6.45, 7) is 12.2. The highest BCUT2D eigenvalue weighted by molar-refractivity contribution is 8.00. The molecule has 3 aromatic rings. The second-order valence-electron chi connectivity index (χ2n) is 7.62. The molecular weight excluding hydrogens is 382 g/mol. The van der Waals surface area contributed by atoms with Crippen LogP contribution in [0.2, 0.25) is 0 Å². The molecule has 3 rings (SSSR count). The molecule has 0 aliphatic carbocycles. The Morgan fingerprint density at radius 3 is 2.45 bits per heavy atom. The van der Waals surface area contributed by atoms with E-state index in [2.05, 4.69) is 42.4 Å². The molecule has 0 radical (unpaired) electrons. The minimum Gasteiger partial charge on any atom is -0.411 e. The Morgan fingerprint density at radius 1 is 1.00 bits per heavy atom. The molecule has 0 bridgehead atoms. The van der Waals surface area contributed by atoms with Gasteiger partial charge in [-0.05, 0) is 68.0 Å². The maximum atomic E-state index is 12.8. The molecule has 152 valence electrons. The van der Waals surface area contributed by atoms with E-state index in [-0.39, 0.29) is 11.2 Å². The van der Waals surface area contributed by atoms with Crippen LogP contribution in [0.15, 0.2) is 46.0 Å². The minimum atomic E-state index is -0.373. The number of aryl methyl sites for hydroxylation is 3. The van der Waals surface area contributed by atoms with Crippen LogP contribution in [0.5, 0.6) is 0 Å². The number of thioether (sulfide) groups is 1. The lowest BCUT2D eigenvalue weighted by molar-refractivity contribution is -0.115. The zero-order valence-electron chi connectivity index (χ0n) is 17.7. The van der Waals surface area contributed by atoms with Crippen molar-refractivity contribution in [2.24, 2.45) is 0 Å². The van der Waals surface area contributed by atoms with Crippen LogP contribution < -0.4 is 5.32 Å². The zero-order valence-corrected chi connectivity index (χ0v) is 18.6. The number of hydrogen-bond acceptors (Lipinski definition) is 5. The van der Waals surface area contributed by atoms with E-state index in [1.54, 1.807) is 0 Å². The maximum absolute atomic E-state index is 12.8. The van der Waals surface area contributed by atoms with E-state index in [1.165, 1.54) is 22.9 Å². The van der Waals surface area contributed by atoms with E-state index in [0.717, 1.165) is 22.4 Å². The van der Waals surface area contributed by atoms with E-state index in [9.17, 15) is 4.79 Å². The molecule has 1 aromatic heterocycles. The highest BCUT2D eigenvalue weighted by Crippen LogP contribution is 2.30. The van der Waals surface area contributed by atoms with Gasteiger partial charge in [0.1, 0.15) is 0 Å². The van der Waals surface area contributed by atoms with Gasteiger partial charge >= 0.3 is 0 Å². The van der Waals surface area contributed by atoms with Crippen molar-refractivity contribution >= 4 is 23.4 Å². The third-order valence-corrected chi connectivity index (χ3v) is 5.92. The number of benzene rings is 2. The van der Waals surface area contributed by atoms with Gasteiger partial charge in [-0.2, -0.15) is 0 Å². The monoisotopic (exact) mass is 409 g/mol. The lowest BCUT2D eigenvalue weighted by Crippen LogP contribution is -2.23. The molecule has 0 aliphatic rings. The summed E-state index contributed by atoms with van der Waals surface area (Å²) in [7, 11) is 0. The lowest BCUT2D eigenvalue weighted by atomic mass is 9.98. The SMILES string of the molecule is Cc1ccc(-c2nnc(S[C@@H](C)C(=O)Nc3c(C)cccc3C(C)C)o2)cc1C. The summed E-state index contributed by atoms with van der Waals surface area (Å²) in [5.41, 5.74) is 6.33. The molecule has 6 heteroatoms. The third-order valence-electron chi connectivity index (χ3n) is 4.98. The van der Waals surface area contributed by atoms with Crippen LogP contribution in [0.4, 0.5) is 5.69 Å². The zero-order chi connectivity index (χ0) is 21.1. The first-order valence-electron chi connectivity index (χ1n) is 9.74. The second-order valence-corrected chi connectivity index (χ2v) is 8.91. The van der Waals surface area contributed by atoms with Gasteiger partial charge in [-0.1, -0.05) is 49.9 Å². The number of nitrogens with zero attached hydrogens (tertiary/aromatic N) is 2. The highest BCUT2D eigenvalue weighted by Gasteiger charge is 2.21. The Balaban J connectivity index is 1.71. The molecule has 0 aliphatic heterocycles. The fraction of sp³-hybridized carbons (Fsp3) is 0.348. The van der Waals surface area contributed by atoms with E-state index in [4.69, 9.17) is 4.42 Å². The predicted molar refractivity (Wildman–Crippen MR) is 118 cm³/mol. The van der Waals surface area contributed by atoms with Crippen molar-refractivity contribution in [3.63, 3.8) is 0 Å². The molecule has 1 atom stereocenters. The van der Waals surface area contributed by atoms with Crippen LogP contribution in [0.1, 0.15) is 48.9 Å². The fourth-order valence-corrected chi connectivity index (χ4v) is 3.70. The van der Waals surface area contributed by atoms with Gasteiger partial charge in [-0.3, -0.25) is 4.79 Å². The Morgan fingerprint density at radius 2 is 1.76 bits per heavy atom. The van der Waals surface area contributed by atoms with Crippen LogP contribution in [0.25, 0.3) is 11.5 Å². The molecule has 1 heterocycles. The number of carbonyl (C=O) groups excluding carboxylic acids is 1. The second kappa shape index (κ2) is 8.82. The van der Waals surface area contributed by atoms with Crippen molar-refractivity contribution in [1.82, 2.24) is 10.2 Å². The van der Waals surface area contributed by atoms with Gasteiger partial charge in [0.2, 0.25) is 11.8 Å². The van der Waals surface area contributed by atoms with Crippen molar-refractivity contribution in [3.05, 3.63) is 58.7 Å². The van der Waals surface area contributed by atoms with Crippen LogP contribution in [-0.2, 0) is 4.79 Å². The Bertz CT molecular complexity index is 1030. The number of carbonyl (C=O) groups is 1. The fourth-order valence-electron chi connectivity index (χ4n) is 3.02. The number of nitrogens with one attached hydrogen (secondary N) is 1. The molecular formula is C23H27N3O2S. The standard InChI is InChI=1S/C23H27N3O2S/c1-13(2)19-9-7-8-15(4)20(19)24-21(27)17(6)29-23-26-25-22(28-23)18-11-10-14(3)16(5)12-18/h7-13,17H,1-6H3,(H,24,27)/t17-/m0/s1.